The highest BCUT2D eigenvalue weighted by Gasteiger charge is 2.55. The van der Waals surface area contributed by atoms with Crippen LogP contribution in [0.15, 0.2) is 47.4 Å². The number of hydrogen-bond donors (Lipinski definition) is 3. The highest BCUT2D eigenvalue weighted by Crippen LogP contribution is 2.47. The van der Waals surface area contributed by atoms with Gasteiger partial charge < -0.3 is 25.0 Å². The average Bonchev–Trinajstić information content (AvgIpc) is 3.37. The van der Waals surface area contributed by atoms with E-state index in [4.69, 9.17) is 9.47 Å². The van der Waals surface area contributed by atoms with Gasteiger partial charge in [-0.15, -0.1) is 11.8 Å². The van der Waals surface area contributed by atoms with Crippen molar-refractivity contribution in [2.75, 3.05) is 31.4 Å². The third-order valence-corrected chi connectivity index (χ3v) is 9.45. The summed E-state index contributed by atoms with van der Waals surface area (Å²) in [5.74, 6) is -2.40. The molecule has 0 aromatic heterocycles. The molecule has 2 aromatic rings. The Morgan fingerprint density at radius 1 is 1.05 bits per heavy atom. The van der Waals surface area contributed by atoms with Crippen LogP contribution in [0.25, 0.3) is 0 Å². The van der Waals surface area contributed by atoms with Crippen LogP contribution in [-0.4, -0.2) is 66.5 Å². The second-order valence-electron chi connectivity index (χ2n) is 10.8. The van der Waals surface area contributed by atoms with Crippen molar-refractivity contribution in [3.63, 3.8) is 0 Å². The van der Waals surface area contributed by atoms with Gasteiger partial charge in [0.15, 0.2) is 11.5 Å². The molecule has 226 valence electrons. The molecule has 1 aliphatic carbocycles. The van der Waals surface area contributed by atoms with Gasteiger partial charge in [0.05, 0.1) is 19.9 Å². The number of fused-ring (bicyclic) bond motifs is 1. The van der Waals surface area contributed by atoms with E-state index in [1.54, 1.807) is 38.5 Å². The number of aliphatic carboxylic acids is 2. The van der Waals surface area contributed by atoms with E-state index in [0.29, 0.717) is 36.4 Å². The zero-order valence-electron chi connectivity index (χ0n) is 24.0. The van der Waals surface area contributed by atoms with E-state index in [2.05, 4.69) is 5.32 Å². The second kappa shape index (κ2) is 14.0. The molecule has 3 N–H and O–H groups in total. The first-order chi connectivity index (χ1) is 20.2. The molecule has 0 saturated heterocycles. The molecule has 0 spiro atoms. The monoisotopic (exact) mass is 598 g/mol. The molecule has 2 amide bonds. The Morgan fingerprint density at radius 2 is 1.81 bits per heavy atom. The van der Waals surface area contributed by atoms with Crippen molar-refractivity contribution in [3.05, 3.63) is 48.0 Å². The molecule has 42 heavy (non-hydrogen) atoms. The van der Waals surface area contributed by atoms with E-state index in [0.717, 1.165) is 41.0 Å². The van der Waals surface area contributed by atoms with Gasteiger partial charge in [-0.25, -0.2) is 0 Å². The van der Waals surface area contributed by atoms with Gasteiger partial charge >= 0.3 is 11.9 Å². The first kappa shape index (κ1) is 31.2. The number of thioether (sulfide) groups is 1. The molecule has 1 fully saturated rings. The summed E-state index contributed by atoms with van der Waals surface area (Å²) in [6.45, 7) is -0.557. The van der Waals surface area contributed by atoms with E-state index in [1.165, 1.54) is 11.8 Å². The Labute approximate surface area is 249 Å². The van der Waals surface area contributed by atoms with E-state index < -0.39 is 41.8 Å². The first-order valence-corrected chi connectivity index (χ1v) is 15.2. The molecular weight excluding hydrogens is 560 g/mol. The smallest absolute Gasteiger partial charge is 0.323 e. The van der Waals surface area contributed by atoms with Gasteiger partial charge in [-0.3, -0.25) is 24.1 Å². The number of nitrogens with one attached hydrogen (secondary N) is 1. The number of carboxylic acid groups (broad SMARTS) is 2. The van der Waals surface area contributed by atoms with Gasteiger partial charge in [-0.1, -0.05) is 37.5 Å². The Balaban J connectivity index is 1.39. The third kappa shape index (κ3) is 6.67. The summed E-state index contributed by atoms with van der Waals surface area (Å²) in [5, 5.41) is 22.5. The quantitative estimate of drug-likeness (QED) is 0.226. The summed E-state index contributed by atoms with van der Waals surface area (Å²) in [7, 11) is 3.20. The number of unbranched alkanes of at least 4 members (excludes halogenated alkanes) is 2. The number of benzene rings is 2. The van der Waals surface area contributed by atoms with Crippen LogP contribution in [0.3, 0.4) is 0 Å². The first-order valence-electron chi connectivity index (χ1n) is 14.2. The fourth-order valence-electron chi connectivity index (χ4n) is 6.12. The number of carbonyl (C=O) groups excluding carboxylic acids is 2. The van der Waals surface area contributed by atoms with E-state index >= 15 is 0 Å². The maximum Gasteiger partial charge on any atom is 0.323 e. The van der Waals surface area contributed by atoms with E-state index in [-0.39, 0.29) is 18.1 Å². The number of ether oxygens (including phenoxy) is 2. The molecule has 0 radical (unpaired) electrons. The van der Waals surface area contributed by atoms with Crippen LogP contribution in [0.2, 0.25) is 0 Å². The summed E-state index contributed by atoms with van der Waals surface area (Å²) in [6.07, 6.45) is 5.43. The molecule has 2 aliphatic rings. The van der Waals surface area contributed by atoms with Crippen molar-refractivity contribution in [1.82, 2.24) is 5.32 Å². The summed E-state index contributed by atoms with van der Waals surface area (Å²) < 4.78 is 10.7. The Kier molecular flexibility index (Phi) is 10.4. The molecule has 4 rings (SSSR count). The molecule has 1 saturated carbocycles. The Morgan fingerprint density at radius 3 is 2.52 bits per heavy atom. The summed E-state index contributed by atoms with van der Waals surface area (Å²) in [5.41, 5.74) is -0.0327. The number of para-hydroxylation sites is 1. The molecule has 11 heteroatoms. The number of carboxylic acids is 2. The van der Waals surface area contributed by atoms with Crippen LogP contribution in [-0.2, 0) is 25.6 Å². The maximum atomic E-state index is 13.7. The summed E-state index contributed by atoms with van der Waals surface area (Å²) >= 11 is 1.33. The van der Waals surface area contributed by atoms with Crippen molar-refractivity contribution in [2.24, 2.45) is 11.3 Å². The van der Waals surface area contributed by atoms with E-state index in [1.807, 2.05) is 18.2 Å². The number of hydrogen-bond acceptors (Lipinski definition) is 7. The molecule has 3 atom stereocenters. The van der Waals surface area contributed by atoms with Gasteiger partial charge in [0.1, 0.15) is 18.0 Å². The fraction of sp³-hybridized carbons (Fsp3) is 0.484. The lowest BCUT2D eigenvalue weighted by atomic mass is 9.74. The summed E-state index contributed by atoms with van der Waals surface area (Å²) in [4.78, 5) is 53.3. The molecule has 10 nitrogen and oxygen atoms in total. The second-order valence-corrected chi connectivity index (χ2v) is 11.8. The number of amides is 2. The van der Waals surface area contributed by atoms with Crippen LogP contribution >= 0.6 is 11.8 Å². The molecule has 1 heterocycles. The van der Waals surface area contributed by atoms with Crippen LogP contribution in [0, 0.1) is 11.3 Å². The van der Waals surface area contributed by atoms with E-state index in [9.17, 15) is 29.4 Å². The summed E-state index contributed by atoms with van der Waals surface area (Å²) in [6, 6.07) is 11.8. The molecular formula is C31H38N2O8S. The Hall–Kier alpha value is -3.73. The van der Waals surface area contributed by atoms with Gasteiger partial charge in [-0.2, -0.15) is 0 Å². The number of anilines is 1. The number of carbonyl (C=O) groups is 4. The molecule has 2 unspecified atom stereocenters. The van der Waals surface area contributed by atoms with Crippen LogP contribution in [0.1, 0.15) is 50.5 Å². The SMILES string of the molecule is COc1ccc(CCCCCC2CCCC2(C(=O)O)C(=O)N[C@H]2CSc3ccccc3N(CC(=O)O)C2=O)cc1OC. The van der Waals surface area contributed by atoms with Crippen molar-refractivity contribution < 1.29 is 38.9 Å². The van der Waals surface area contributed by atoms with Gasteiger partial charge in [0, 0.05) is 10.6 Å². The van der Waals surface area contributed by atoms with Crippen molar-refractivity contribution in [2.45, 2.75) is 62.3 Å². The number of methoxy groups -OCH3 is 2. The predicted octanol–water partition coefficient (Wildman–Crippen LogP) is 4.39. The predicted molar refractivity (Wildman–Crippen MR) is 158 cm³/mol. The fourth-order valence-corrected chi connectivity index (χ4v) is 7.19. The van der Waals surface area contributed by atoms with Crippen LogP contribution < -0.4 is 19.7 Å². The van der Waals surface area contributed by atoms with Gasteiger partial charge in [0.2, 0.25) is 5.91 Å². The largest absolute Gasteiger partial charge is 0.493 e. The van der Waals surface area contributed by atoms with Gasteiger partial charge in [0.25, 0.3) is 5.91 Å². The van der Waals surface area contributed by atoms with Crippen LogP contribution in [0.5, 0.6) is 11.5 Å². The topological polar surface area (TPSA) is 142 Å². The standard InChI is InChI=1S/C31H38N2O8S/c1-40-24-15-14-20(17-25(24)41-2)9-4-3-5-10-21-11-8-16-31(21,30(38)39)29(37)32-22-19-42-26-13-7-6-12-23(26)33(28(22)36)18-27(34)35/h6-7,12-15,17,21-22H,3-5,8-11,16,18-19H2,1-2H3,(H,32,37)(H,34,35)(H,38,39)/t21?,22-,31?/m0/s1. The van der Waals surface area contributed by atoms with Crippen LogP contribution in [0.4, 0.5) is 5.69 Å². The minimum absolute atomic E-state index is 0.175. The minimum atomic E-state index is -1.62. The highest BCUT2D eigenvalue weighted by atomic mass is 32.2. The van der Waals surface area contributed by atoms with Crippen molar-refractivity contribution >= 4 is 41.2 Å². The average molecular weight is 599 g/mol. The molecule has 0 bridgehead atoms. The third-order valence-electron chi connectivity index (χ3n) is 8.30. The zero-order chi connectivity index (χ0) is 30.3. The lowest BCUT2D eigenvalue weighted by Crippen LogP contribution is -2.57. The Bertz CT molecular complexity index is 1320. The van der Waals surface area contributed by atoms with Crippen molar-refractivity contribution in [1.29, 1.82) is 0 Å². The normalized spacial score (nSPS) is 21.8. The van der Waals surface area contributed by atoms with Crippen molar-refractivity contribution in [3.8, 4) is 11.5 Å². The zero-order valence-corrected chi connectivity index (χ0v) is 24.8. The number of rotatable bonds is 13. The number of nitrogens with zero attached hydrogens (tertiary/aromatic N) is 1. The number of aryl methyl sites for hydroxylation is 1. The minimum Gasteiger partial charge on any atom is -0.493 e. The molecule has 2 aromatic carbocycles. The molecule has 1 aliphatic heterocycles. The highest BCUT2D eigenvalue weighted by molar-refractivity contribution is 7.99. The maximum absolute atomic E-state index is 13.7. The lowest BCUT2D eigenvalue weighted by Gasteiger charge is -2.32. The lowest BCUT2D eigenvalue weighted by molar-refractivity contribution is -0.159. The van der Waals surface area contributed by atoms with Gasteiger partial charge in [-0.05, 0) is 67.9 Å².